The van der Waals surface area contributed by atoms with Crippen molar-refractivity contribution in [2.75, 3.05) is 24.5 Å². The van der Waals surface area contributed by atoms with Crippen LogP contribution in [0.4, 0.5) is 5.82 Å². The summed E-state index contributed by atoms with van der Waals surface area (Å²) in [6.07, 6.45) is 4.56. The zero-order valence-electron chi connectivity index (χ0n) is 15.4. The van der Waals surface area contributed by atoms with Crippen LogP contribution in [0, 0.1) is 0 Å². The summed E-state index contributed by atoms with van der Waals surface area (Å²) in [6.45, 7) is 2.73. The molecule has 1 unspecified atom stereocenters. The molecule has 3 heterocycles. The van der Waals surface area contributed by atoms with Crippen LogP contribution in [0.1, 0.15) is 5.56 Å². The highest BCUT2D eigenvalue weighted by atomic mass is 15.3. The van der Waals surface area contributed by atoms with E-state index in [4.69, 9.17) is 4.98 Å². The number of benzene rings is 2. The molecule has 1 atom stereocenters. The minimum atomic E-state index is 0.386. The van der Waals surface area contributed by atoms with Gasteiger partial charge >= 0.3 is 0 Å². The van der Waals surface area contributed by atoms with Gasteiger partial charge in [0, 0.05) is 36.6 Å². The number of rotatable bonds is 4. The molecule has 2 N–H and O–H groups in total. The van der Waals surface area contributed by atoms with E-state index in [0.29, 0.717) is 11.9 Å². The lowest BCUT2D eigenvalue weighted by molar-refractivity contribution is 0.452. The lowest BCUT2D eigenvalue weighted by Crippen LogP contribution is -2.52. The van der Waals surface area contributed by atoms with Gasteiger partial charge in [0.15, 0.2) is 11.6 Å². The number of hydrogen-bond acceptors (Lipinski definition) is 6. The van der Waals surface area contributed by atoms with Gasteiger partial charge in [0.25, 0.3) is 0 Å². The summed E-state index contributed by atoms with van der Waals surface area (Å²) in [7, 11) is 0. The van der Waals surface area contributed by atoms with Crippen molar-refractivity contribution in [3.63, 3.8) is 0 Å². The van der Waals surface area contributed by atoms with Crippen LogP contribution in [0.2, 0.25) is 0 Å². The van der Waals surface area contributed by atoms with Crippen LogP contribution >= 0.6 is 0 Å². The Balaban J connectivity index is 1.36. The molecular weight excluding hydrogens is 350 g/mol. The van der Waals surface area contributed by atoms with E-state index in [1.165, 1.54) is 5.56 Å². The summed E-state index contributed by atoms with van der Waals surface area (Å²) in [6, 6.07) is 17.0. The number of aromatic nitrogens is 5. The number of nitrogens with one attached hydrogen (secondary N) is 2. The Morgan fingerprint density at radius 3 is 2.93 bits per heavy atom. The van der Waals surface area contributed by atoms with Gasteiger partial charge in [-0.1, -0.05) is 30.3 Å². The largest absolute Gasteiger partial charge is 0.352 e. The van der Waals surface area contributed by atoms with Crippen LogP contribution in [0.25, 0.3) is 22.3 Å². The summed E-state index contributed by atoms with van der Waals surface area (Å²) in [5.74, 6) is 1.51. The van der Waals surface area contributed by atoms with Crippen molar-refractivity contribution in [2.24, 2.45) is 0 Å². The monoisotopic (exact) mass is 371 g/mol. The van der Waals surface area contributed by atoms with E-state index in [-0.39, 0.29) is 0 Å². The van der Waals surface area contributed by atoms with Crippen LogP contribution in [-0.4, -0.2) is 51.1 Å². The molecule has 0 spiro atoms. The highest BCUT2D eigenvalue weighted by Gasteiger charge is 2.21. The molecule has 4 aromatic rings. The number of fused-ring (bicyclic) bond motifs is 1. The molecule has 1 saturated heterocycles. The molecular formula is C21H21N7. The molecule has 2 aromatic heterocycles. The van der Waals surface area contributed by atoms with Gasteiger partial charge in [-0.05, 0) is 30.2 Å². The molecule has 2 aromatic carbocycles. The average molecular weight is 371 g/mol. The maximum absolute atomic E-state index is 4.79. The first-order valence-electron chi connectivity index (χ1n) is 9.51. The topological polar surface area (TPSA) is 82.6 Å². The fourth-order valence-corrected chi connectivity index (χ4v) is 3.72. The second-order valence-electron chi connectivity index (χ2n) is 7.10. The van der Waals surface area contributed by atoms with Gasteiger partial charge in [-0.25, -0.2) is 4.98 Å². The second kappa shape index (κ2) is 7.36. The number of aromatic amines is 1. The van der Waals surface area contributed by atoms with Crippen molar-refractivity contribution in [2.45, 2.75) is 12.5 Å². The molecule has 28 heavy (non-hydrogen) atoms. The summed E-state index contributed by atoms with van der Waals surface area (Å²) in [4.78, 5) is 7.08. The molecule has 5 rings (SSSR count). The Morgan fingerprint density at radius 1 is 1.07 bits per heavy atom. The van der Waals surface area contributed by atoms with E-state index in [2.05, 4.69) is 60.9 Å². The van der Waals surface area contributed by atoms with Gasteiger partial charge in [-0.15, -0.1) is 5.10 Å². The number of anilines is 1. The molecule has 0 amide bonds. The van der Waals surface area contributed by atoms with Crippen molar-refractivity contribution >= 4 is 16.7 Å². The van der Waals surface area contributed by atoms with Gasteiger partial charge in [0.1, 0.15) is 0 Å². The summed E-state index contributed by atoms with van der Waals surface area (Å²) in [5, 5.41) is 20.2. The molecule has 0 saturated carbocycles. The number of hydrogen-bond donors (Lipinski definition) is 2. The summed E-state index contributed by atoms with van der Waals surface area (Å²) >= 11 is 0. The van der Waals surface area contributed by atoms with Gasteiger partial charge in [0.05, 0.1) is 17.9 Å². The predicted octanol–water partition coefficient (Wildman–Crippen LogP) is 2.44. The maximum Gasteiger partial charge on any atom is 0.183 e. The summed E-state index contributed by atoms with van der Waals surface area (Å²) in [5.41, 5.74) is 3.29. The first kappa shape index (κ1) is 16.8. The van der Waals surface area contributed by atoms with E-state index in [1.807, 2.05) is 18.2 Å². The second-order valence-corrected chi connectivity index (χ2v) is 7.10. The van der Waals surface area contributed by atoms with Crippen LogP contribution in [0.5, 0.6) is 0 Å². The Morgan fingerprint density at radius 2 is 2.00 bits per heavy atom. The molecule has 1 aliphatic heterocycles. The van der Waals surface area contributed by atoms with E-state index in [0.717, 1.165) is 48.3 Å². The Bertz CT molecular complexity index is 1080. The van der Waals surface area contributed by atoms with Crippen LogP contribution < -0.4 is 10.2 Å². The van der Waals surface area contributed by atoms with Crippen LogP contribution in [-0.2, 0) is 6.42 Å². The molecule has 0 bridgehead atoms. The Hall–Kier alpha value is -3.32. The highest BCUT2D eigenvalue weighted by Crippen LogP contribution is 2.22. The number of H-pyrrole nitrogens is 1. The fraction of sp³-hybridized carbons (Fsp3) is 0.238. The minimum absolute atomic E-state index is 0.386. The molecule has 1 aliphatic rings. The highest BCUT2D eigenvalue weighted by molar-refractivity contribution is 5.82. The van der Waals surface area contributed by atoms with E-state index in [9.17, 15) is 0 Å². The van der Waals surface area contributed by atoms with Crippen molar-refractivity contribution in [3.05, 3.63) is 66.5 Å². The van der Waals surface area contributed by atoms with Gasteiger partial charge in [0.2, 0.25) is 0 Å². The number of piperazine rings is 1. The Kier molecular flexibility index (Phi) is 4.42. The summed E-state index contributed by atoms with van der Waals surface area (Å²) < 4.78 is 0. The molecule has 1 fully saturated rings. The van der Waals surface area contributed by atoms with Gasteiger partial charge in [-0.3, -0.25) is 5.10 Å². The quantitative estimate of drug-likeness (QED) is 0.573. The number of nitrogens with zero attached hydrogens (tertiary/aromatic N) is 5. The zero-order chi connectivity index (χ0) is 18.8. The van der Waals surface area contributed by atoms with E-state index >= 15 is 0 Å². The zero-order valence-corrected chi connectivity index (χ0v) is 15.4. The Labute approximate surface area is 162 Å². The average Bonchev–Trinajstić information content (AvgIpc) is 3.23. The third-order valence-electron chi connectivity index (χ3n) is 5.15. The molecule has 0 aliphatic carbocycles. The third kappa shape index (κ3) is 3.44. The predicted molar refractivity (Wildman–Crippen MR) is 109 cm³/mol. The van der Waals surface area contributed by atoms with Crippen molar-refractivity contribution in [1.82, 2.24) is 30.7 Å². The van der Waals surface area contributed by atoms with Crippen molar-refractivity contribution in [1.29, 1.82) is 0 Å². The van der Waals surface area contributed by atoms with Gasteiger partial charge < -0.3 is 10.2 Å². The normalized spacial score (nSPS) is 17.1. The smallest absolute Gasteiger partial charge is 0.183 e. The molecule has 0 radical (unpaired) electrons. The minimum Gasteiger partial charge on any atom is -0.352 e. The van der Waals surface area contributed by atoms with E-state index < -0.39 is 0 Å². The van der Waals surface area contributed by atoms with Crippen molar-refractivity contribution in [3.8, 4) is 11.4 Å². The van der Waals surface area contributed by atoms with Crippen molar-refractivity contribution < 1.29 is 0 Å². The third-order valence-corrected chi connectivity index (χ3v) is 5.15. The molecule has 140 valence electrons. The first-order chi connectivity index (χ1) is 13.8. The lowest BCUT2D eigenvalue weighted by Gasteiger charge is -2.34. The molecule has 7 heteroatoms. The fourth-order valence-electron chi connectivity index (χ4n) is 3.72. The lowest BCUT2D eigenvalue weighted by atomic mass is 10.0. The SMILES string of the molecule is c1ccc(CC2CN(c3cnnc(-c4ccc5[nH]ncc5c4)n3)CCN2)cc1. The van der Waals surface area contributed by atoms with Crippen LogP contribution in [0.15, 0.2) is 60.9 Å². The molecule has 7 nitrogen and oxygen atoms in total. The maximum atomic E-state index is 4.79. The first-order valence-corrected chi connectivity index (χ1v) is 9.51. The standard InChI is InChI=1S/C21H21N7/c1-2-4-15(5-3-1)10-18-14-28(9-8-22-18)20-13-24-27-21(25-20)16-6-7-19-17(11-16)12-23-26-19/h1-7,11-13,18,22H,8-10,14H2,(H,23,26). The van der Waals surface area contributed by atoms with Gasteiger partial charge in [-0.2, -0.15) is 10.2 Å². The van der Waals surface area contributed by atoms with E-state index in [1.54, 1.807) is 12.4 Å². The van der Waals surface area contributed by atoms with Crippen LogP contribution in [0.3, 0.4) is 0 Å².